The number of hydrogen-bond acceptors (Lipinski definition) is 5. The molecule has 2 N–H and O–H groups in total. The highest BCUT2D eigenvalue weighted by atomic mass is 35.5. The van der Waals surface area contributed by atoms with E-state index in [1.165, 1.54) is 24.4 Å². The zero-order chi connectivity index (χ0) is 24.5. The summed E-state index contributed by atoms with van der Waals surface area (Å²) in [6.07, 6.45) is 1.38. The van der Waals surface area contributed by atoms with Crippen molar-refractivity contribution in [3.8, 4) is 11.5 Å². The second-order valence-corrected chi connectivity index (χ2v) is 8.02. The van der Waals surface area contributed by atoms with Gasteiger partial charge in [0, 0.05) is 16.3 Å². The van der Waals surface area contributed by atoms with Gasteiger partial charge in [0.25, 0.3) is 0 Å². The molecular weight excluding hydrogens is 501 g/mol. The van der Waals surface area contributed by atoms with Gasteiger partial charge >= 0.3 is 11.8 Å². The SMILES string of the molecule is CCOc1cc(/C=N/NC(=O)C(=O)Nc2ccc(Cl)c(Cl)c2)ccc1OCc1ccccc1Cl. The average Bonchev–Trinajstić information content (AvgIpc) is 2.82. The smallest absolute Gasteiger partial charge is 0.329 e. The maximum atomic E-state index is 12.0. The first-order chi connectivity index (χ1) is 16.4. The molecule has 176 valence electrons. The summed E-state index contributed by atoms with van der Waals surface area (Å²) in [7, 11) is 0. The molecule has 0 saturated carbocycles. The average molecular weight is 521 g/mol. The molecule has 0 fully saturated rings. The molecule has 0 aliphatic heterocycles. The molecule has 0 unspecified atom stereocenters. The van der Waals surface area contributed by atoms with E-state index < -0.39 is 11.8 Å². The third-order valence-corrected chi connectivity index (χ3v) is 5.48. The molecule has 7 nitrogen and oxygen atoms in total. The molecule has 2 amide bonds. The molecule has 0 saturated heterocycles. The van der Waals surface area contributed by atoms with Crippen molar-refractivity contribution in [1.82, 2.24) is 5.43 Å². The van der Waals surface area contributed by atoms with Crippen molar-refractivity contribution < 1.29 is 19.1 Å². The Morgan fingerprint density at radius 1 is 0.882 bits per heavy atom. The maximum Gasteiger partial charge on any atom is 0.329 e. The number of carbonyl (C=O) groups is 2. The lowest BCUT2D eigenvalue weighted by Gasteiger charge is -2.13. The van der Waals surface area contributed by atoms with Gasteiger partial charge in [-0.3, -0.25) is 9.59 Å². The zero-order valence-corrected chi connectivity index (χ0v) is 20.2. The zero-order valence-electron chi connectivity index (χ0n) is 18.0. The molecule has 3 rings (SSSR count). The van der Waals surface area contributed by atoms with E-state index in [9.17, 15) is 9.59 Å². The third kappa shape index (κ3) is 7.12. The van der Waals surface area contributed by atoms with E-state index in [1.807, 2.05) is 25.1 Å². The first kappa shape index (κ1) is 25.4. The summed E-state index contributed by atoms with van der Waals surface area (Å²) in [5.74, 6) is -0.827. The first-order valence-corrected chi connectivity index (χ1v) is 11.2. The molecular formula is C24H20Cl3N3O4. The lowest BCUT2D eigenvalue weighted by molar-refractivity contribution is -0.136. The lowest BCUT2D eigenvalue weighted by atomic mass is 10.2. The Balaban J connectivity index is 1.60. The Kier molecular flexibility index (Phi) is 9.16. The number of carbonyl (C=O) groups excluding carboxylic acids is 2. The van der Waals surface area contributed by atoms with Crippen LogP contribution in [0.3, 0.4) is 0 Å². The summed E-state index contributed by atoms with van der Waals surface area (Å²) in [5, 5.41) is 7.43. The normalized spacial score (nSPS) is 10.7. The van der Waals surface area contributed by atoms with Crippen LogP contribution in [0.2, 0.25) is 15.1 Å². The van der Waals surface area contributed by atoms with Gasteiger partial charge in [0.1, 0.15) is 6.61 Å². The number of anilines is 1. The Labute approximate surface area is 211 Å². The predicted octanol–water partition coefficient (Wildman–Crippen LogP) is 5.71. The second-order valence-electron chi connectivity index (χ2n) is 6.80. The Morgan fingerprint density at radius 2 is 1.68 bits per heavy atom. The molecule has 0 bridgehead atoms. The van der Waals surface area contributed by atoms with Crippen molar-refractivity contribution in [3.05, 3.63) is 86.9 Å². The number of ether oxygens (including phenoxy) is 2. The quantitative estimate of drug-likeness (QED) is 0.226. The van der Waals surface area contributed by atoms with E-state index >= 15 is 0 Å². The third-order valence-electron chi connectivity index (χ3n) is 4.37. The monoisotopic (exact) mass is 519 g/mol. The van der Waals surface area contributed by atoms with E-state index in [0.29, 0.717) is 39.4 Å². The van der Waals surface area contributed by atoms with Crippen molar-refractivity contribution in [2.45, 2.75) is 13.5 Å². The van der Waals surface area contributed by atoms with Crippen LogP contribution in [0.25, 0.3) is 0 Å². The molecule has 10 heteroatoms. The molecule has 0 radical (unpaired) electrons. The van der Waals surface area contributed by atoms with Gasteiger partial charge in [0.2, 0.25) is 0 Å². The van der Waals surface area contributed by atoms with Crippen LogP contribution in [0.4, 0.5) is 5.69 Å². The Hall–Kier alpha value is -3.26. The van der Waals surface area contributed by atoms with Gasteiger partial charge in [-0.25, -0.2) is 5.43 Å². The van der Waals surface area contributed by atoms with Gasteiger partial charge in [0.05, 0.1) is 22.9 Å². The molecule has 0 atom stereocenters. The van der Waals surface area contributed by atoms with Gasteiger partial charge in [-0.15, -0.1) is 0 Å². The summed E-state index contributed by atoms with van der Waals surface area (Å²) >= 11 is 17.9. The number of hydrogen-bond donors (Lipinski definition) is 2. The molecule has 0 aliphatic rings. The number of nitrogens with one attached hydrogen (secondary N) is 2. The van der Waals surface area contributed by atoms with Crippen LogP contribution in [0.5, 0.6) is 11.5 Å². The largest absolute Gasteiger partial charge is 0.490 e. The molecule has 0 aromatic heterocycles. The fourth-order valence-electron chi connectivity index (χ4n) is 2.74. The van der Waals surface area contributed by atoms with Crippen LogP contribution in [0.15, 0.2) is 65.8 Å². The van der Waals surface area contributed by atoms with Crippen LogP contribution in [0.1, 0.15) is 18.1 Å². The van der Waals surface area contributed by atoms with E-state index in [-0.39, 0.29) is 11.6 Å². The van der Waals surface area contributed by atoms with E-state index in [1.54, 1.807) is 24.3 Å². The predicted molar refractivity (Wildman–Crippen MR) is 134 cm³/mol. The molecule has 34 heavy (non-hydrogen) atoms. The minimum absolute atomic E-state index is 0.252. The summed E-state index contributed by atoms with van der Waals surface area (Å²) in [6, 6.07) is 17.0. The molecule has 0 spiro atoms. The van der Waals surface area contributed by atoms with Gasteiger partial charge < -0.3 is 14.8 Å². The standard InChI is InChI=1S/C24H20Cl3N3O4/c1-2-33-22-11-15(7-10-21(22)34-14-16-5-3-4-6-18(16)25)13-28-30-24(32)23(31)29-17-8-9-19(26)20(27)12-17/h3-13H,2,14H2,1H3,(H,29,31)(H,30,32)/b28-13+. The van der Waals surface area contributed by atoms with Crippen LogP contribution in [0, 0.1) is 0 Å². The van der Waals surface area contributed by atoms with Crippen molar-refractivity contribution in [2.75, 3.05) is 11.9 Å². The summed E-state index contributed by atoms with van der Waals surface area (Å²) < 4.78 is 11.5. The summed E-state index contributed by atoms with van der Waals surface area (Å²) in [4.78, 5) is 24.0. The van der Waals surface area contributed by atoms with Gasteiger partial charge in [-0.1, -0.05) is 53.0 Å². The Bertz CT molecular complexity index is 1220. The molecule has 3 aromatic rings. The highest BCUT2D eigenvalue weighted by Crippen LogP contribution is 2.29. The van der Waals surface area contributed by atoms with Gasteiger partial charge in [-0.2, -0.15) is 5.10 Å². The van der Waals surface area contributed by atoms with E-state index in [2.05, 4.69) is 15.8 Å². The molecule has 0 heterocycles. The van der Waals surface area contributed by atoms with Crippen LogP contribution < -0.4 is 20.2 Å². The van der Waals surface area contributed by atoms with Crippen molar-refractivity contribution >= 4 is 58.5 Å². The minimum Gasteiger partial charge on any atom is -0.490 e. The van der Waals surface area contributed by atoms with Gasteiger partial charge in [-0.05, 0) is 55.0 Å². The van der Waals surface area contributed by atoms with Crippen molar-refractivity contribution in [1.29, 1.82) is 0 Å². The van der Waals surface area contributed by atoms with Crippen LogP contribution >= 0.6 is 34.8 Å². The van der Waals surface area contributed by atoms with Crippen molar-refractivity contribution in [2.24, 2.45) is 5.10 Å². The fourth-order valence-corrected chi connectivity index (χ4v) is 3.23. The number of benzene rings is 3. The highest BCUT2D eigenvalue weighted by Gasteiger charge is 2.14. The highest BCUT2D eigenvalue weighted by molar-refractivity contribution is 6.43. The first-order valence-electron chi connectivity index (χ1n) is 10.1. The van der Waals surface area contributed by atoms with E-state index in [0.717, 1.165) is 5.56 Å². The van der Waals surface area contributed by atoms with E-state index in [4.69, 9.17) is 44.3 Å². The fraction of sp³-hybridized carbons (Fsp3) is 0.125. The van der Waals surface area contributed by atoms with Crippen molar-refractivity contribution in [3.63, 3.8) is 0 Å². The Morgan fingerprint density at radius 3 is 2.41 bits per heavy atom. The maximum absolute atomic E-state index is 12.0. The van der Waals surface area contributed by atoms with Gasteiger partial charge in [0.15, 0.2) is 11.5 Å². The topological polar surface area (TPSA) is 89.0 Å². The van der Waals surface area contributed by atoms with Crippen LogP contribution in [-0.2, 0) is 16.2 Å². The number of hydrazone groups is 1. The molecule has 3 aromatic carbocycles. The number of amides is 2. The lowest BCUT2D eigenvalue weighted by Crippen LogP contribution is -2.32. The number of nitrogens with zero attached hydrogens (tertiary/aromatic N) is 1. The summed E-state index contributed by atoms with van der Waals surface area (Å²) in [5.41, 5.74) is 3.97. The number of rotatable bonds is 8. The second kappa shape index (κ2) is 12.3. The number of halogens is 3. The summed E-state index contributed by atoms with van der Waals surface area (Å²) in [6.45, 7) is 2.55. The molecule has 0 aliphatic carbocycles. The van der Waals surface area contributed by atoms with Crippen LogP contribution in [-0.4, -0.2) is 24.6 Å². The minimum atomic E-state index is -0.952.